The third-order valence-electron chi connectivity index (χ3n) is 5.22. The van der Waals surface area contributed by atoms with Crippen molar-refractivity contribution in [1.82, 2.24) is 9.62 Å². The number of fused-ring (bicyclic) bond motifs is 1. The molecule has 1 amide bonds. The standard InChI is InChI=1S/C20H27N3O3S.ClH/c1-15(21)18-7-4-12-23(14-18)20(24)10-11-22-27(25,26)19-9-8-16-5-2-3-6-17(16)13-19;/h2-3,5-6,8-9,13,15,18,22H,4,7,10-12,14,21H2,1H3;1H. The molecule has 1 aliphatic heterocycles. The summed E-state index contributed by atoms with van der Waals surface area (Å²) in [5, 5.41) is 1.85. The Kier molecular flexibility index (Phi) is 7.83. The van der Waals surface area contributed by atoms with Gasteiger partial charge < -0.3 is 10.6 Å². The molecule has 3 rings (SSSR count). The molecule has 1 heterocycles. The lowest BCUT2D eigenvalue weighted by atomic mass is 9.92. The second-order valence-electron chi connectivity index (χ2n) is 7.26. The summed E-state index contributed by atoms with van der Waals surface area (Å²) in [7, 11) is -3.64. The highest BCUT2D eigenvalue weighted by molar-refractivity contribution is 7.89. The molecule has 2 aromatic rings. The zero-order chi connectivity index (χ0) is 19.4. The lowest BCUT2D eigenvalue weighted by Gasteiger charge is -2.34. The smallest absolute Gasteiger partial charge is 0.240 e. The van der Waals surface area contributed by atoms with Crippen LogP contribution in [0.4, 0.5) is 0 Å². The van der Waals surface area contributed by atoms with Crippen molar-refractivity contribution in [1.29, 1.82) is 0 Å². The summed E-state index contributed by atoms with van der Waals surface area (Å²) in [6, 6.07) is 12.7. The van der Waals surface area contributed by atoms with E-state index in [9.17, 15) is 13.2 Å². The normalized spacial score (nSPS) is 18.5. The summed E-state index contributed by atoms with van der Waals surface area (Å²) in [4.78, 5) is 14.4. The van der Waals surface area contributed by atoms with Crippen molar-refractivity contribution in [3.05, 3.63) is 42.5 Å². The maximum atomic E-state index is 12.5. The predicted octanol–water partition coefficient (Wildman–Crippen LogP) is 2.52. The fourth-order valence-corrected chi connectivity index (χ4v) is 4.60. The van der Waals surface area contributed by atoms with Gasteiger partial charge in [0.2, 0.25) is 15.9 Å². The Labute approximate surface area is 172 Å². The van der Waals surface area contributed by atoms with E-state index in [1.807, 2.05) is 36.1 Å². The zero-order valence-corrected chi connectivity index (χ0v) is 17.6. The van der Waals surface area contributed by atoms with Gasteiger partial charge in [-0.3, -0.25) is 4.79 Å². The Balaban J connectivity index is 0.00000280. The van der Waals surface area contributed by atoms with Crippen LogP contribution in [0.2, 0.25) is 0 Å². The van der Waals surface area contributed by atoms with Crippen molar-refractivity contribution >= 4 is 39.1 Å². The topological polar surface area (TPSA) is 92.5 Å². The summed E-state index contributed by atoms with van der Waals surface area (Å²) < 4.78 is 27.6. The van der Waals surface area contributed by atoms with Crippen LogP contribution >= 0.6 is 12.4 Å². The number of carbonyl (C=O) groups excluding carboxylic acids is 1. The first kappa shape index (κ1) is 22.6. The van der Waals surface area contributed by atoms with E-state index in [2.05, 4.69) is 4.72 Å². The molecule has 8 heteroatoms. The van der Waals surface area contributed by atoms with Crippen LogP contribution in [0.5, 0.6) is 0 Å². The van der Waals surface area contributed by atoms with Crippen LogP contribution in [0.1, 0.15) is 26.2 Å². The molecule has 28 heavy (non-hydrogen) atoms. The molecule has 2 atom stereocenters. The molecule has 6 nitrogen and oxygen atoms in total. The van der Waals surface area contributed by atoms with Gasteiger partial charge in [0.05, 0.1) is 4.90 Å². The Hall–Kier alpha value is -1.67. The lowest BCUT2D eigenvalue weighted by Crippen LogP contribution is -2.45. The number of amides is 1. The average molecular weight is 426 g/mol. The van der Waals surface area contributed by atoms with Crippen molar-refractivity contribution in [3.63, 3.8) is 0 Å². The number of hydrogen-bond acceptors (Lipinski definition) is 4. The molecule has 0 aliphatic carbocycles. The third kappa shape index (κ3) is 5.44. The summed E-state index contributed by atoms with van der Waals surface area (Å²) in [5.74, 6) is 0.290. The van der Waals surface area contributed by atoms with Gasteiger partial charge in [-0.2, -0.15) is 0 Å². The van der Waals surface area contributed by atoms with Gasteiger partial charge in [-0.15, -0.1) is 12.4 Å². The molecule has 1 saturated heterocycles. The van der Waals surface area contributed by atoms with E-state index in [0.29, 0.717) is 12.5 Å². The number of rotatable bonds is 6. The number of hydrogen-bond donors (Lipinski definition) is 2. The number of nitrogens with zero attached hydrogens (tertiary/aromatic N) is 1. The fraction of sp³-hybridized carbons (Fsp3) is 0.450. The number of sulfonamides is 1. The highest BCUT2D eigenvalue weighted by Gasteiger charge is 2.25. The number of halogens is 1. The second kappa shape index (κ2) is 9.69. The summed E-state index contributed by atoms with van der Waals surface area (Å²) in [6.07, 6.45) is 2.13. The molecule has 154 valence electrons. The number of nitrogens with one attached hydrogen (secondary N) is 1. The van der Waals surface area contributed by atoms with E-state index in [1.54, 1.807) is 18.2 Å². The van der Waals surface area contributed by atoms with Crippen molar-refractivity contribution in [3.8, 4) is 0 Å². The van der Waals surface area contributed by atoms with Crippen LogP contribution in [0.3, 0.4) is 0 Å². The maximum Gasteiger partial charge on any atom is 0.240 e. The maximum absolute atomic E-state index is 12.5. The number of piperidine rings is 1. The van der Waals surface area contributed by atoms with Crippen molar-refractivity contribution in [2.45, 2.75) is 37.1 Å². The van der Waals surface area contributed by atoms with Crippen LogP contribution in [0.25, 0.3) is 10.8 Å². The van der Waals surface area contributed by atoms with Gasteiger partial charge in [0, 0.05) is 32.1 Å². The third-order valence-corrected chi connectivity index (χ3v) is 6.67. The van der Waals surface area contributed by atoms with Crippen LogP contribution in [-0.4, -0.2) is 44.9 Å². The van der Waals surface area contributed by atoms with Gasteiger partial charge >= 0.3 is 0 Å². The Morgan fingerprint density at radius 1 is 1.25 bits per heavy atom. The second-order valence-corrected chi connectivity index (χ2v) is 9.02. The van der Waals surface area contributed by atoms with Gasteiger partial charge in [-0.1, -0.05) is 30.3 Å². The van der Waals surface area contributed by atoms with Gasteiger partial charge in [-0.25, -0.2) is 13.1 Å². The van der Waals surface area contributed by atoms with E-state index < -0.39 is 10.0 Å². The minimum atomic E-state index is -3.64. The number of nitrogens with two attached hydrogens (primary N) is 1. The predicted molar refractivity (Wildman–Crippen MR) is 114 cm³/mol. The molecule has 0 aromatic heterocycles. The minimum Gasteiger partial charge on any atom is -0.342 e. The molecule has 0 radical (unpaired) electrons. The molecule has 0 saturated carbocycles. The molecule has 0 spiro atoms. The van der Waals surface area contributed by atoms with E-state index in [0.717, 1.165) is 30.2 Å². The van der Waals surface area contributed by atoms with E-state index >= 15 is 0 Å². The molecule has 0 bridgehead atoms. The van der Waals surface area contributed by atoms with E-state index in [1.165, 1.54) is 0 Å². The molecule has 3 N–H and O–H groups in total. The van der Waals surface area contributed by atoms with Gasteiger partial charge in [0.15, 0.2) is 0 Å². The number of benzene rings is 2. The lowest BCUT2D eigenvalue weighted by molar-refractivity contribution is -0.132. The zero-order valence-electron chi connectivity index (χ0n) is 16.0. The van der Waals surface area contributed by atoms with Crippen molar-refractivity contribution < 1.29 is 13.2 Å². The molecular formula is C20H28ClN3O3S. The largest absolute Gasteiger partial charge is 0.342 e. The minimum absolute atomic E-state index is 0. The van der Waals surface area contributed by atoms with Gasteiger partial charge in [0.25, 0.3) is 0 Å². The van der Waals surface area contributed by atoms with Crippen LogP contribution in [0.15, 0.2) is 47.4 Å². The summed E-state index contributed by atoms with van der Waals surface area (Å²) in [5.41, 5.74) is 5.96. The highest BCUT2D eigenvalue weighted by atomic mass is 35.5. The highest BCUT2D eigenvalue weighted by Crippen LogP contribution is 2.20. The van der Waals surface area contributed by atoms with Crippen LogP contribution in [-0.2, 0) is 14.8 Å². The Morgan fingerprint density at radius 3 is 2.68 bits per heavy atom. The molecule has 2 unspecified atom stereocenters. The number of carbonyl (C=O) groups is 1. The van der Waals surface area contributed by atoms with E-state index in [-0.39, 0.29) is 42.2 Å². The average Bonchev–Trinajstić information content (AvgIpc) is 2.67. The van der Waals surface area contributed by atoms with E-state index in [4.69, 9.17) is 5.73 Å². The summed E-state index contributed by atoms with van der Waals surface area (Å²) in [6.45, 7) is 3.44. The molecule has 1 aliphatic rings. The first-order valence-corrected chi connectivity index (χ1v) is 10.9. The molecular weight excluding hydrogens is 398 g/mol. The quantitative estimate of drug-likeness (QED) is 0.743. The van der Waals surface area contributed by atoms with Gasteiger partial charge in [-0.05, 0) is 48.6 Å². The molecule has 2 aromatic carbocycles. The summed E-state index contributed by atoms with van der Waals surface area (Å²) >= 11 is 0. The fourth-order valence-electron chi connectivity index (χ4n) is 3.53. The Morgan fingerprint density at radius 2 is 1.96 bits per heavy atom. The van der Waals surface area contributed by atoms with Crippen LogP contribution < -0.4 is 10.5 Å². The van der Waals surface area contributed by atoms with Crippen molar-refractivity contribution in [2.24, 2.45) is 11.7 Å². The number of likely N-dealkylation sites (tertiary alicyclic amines) is 1. The van der Waals surface area contributed by atoms with Gasteiger partial charge in [0.1, 0.15) is 0 Å². The van der Waals surface area contributed by atoms with Crippen molar-refractivity contribution in [2.75, 3.05) is 19.6 Å². The van der Waals surface area contributed by atoms with Crippen LogP contribution in [0, 0.1) is 5.92 Å². The monoisotopic (exact) mass is 425 g/mol. The molecule has 1 fully saturated rings. The first-order valence-electron chi connectivity index (χ1n) is 9.38. The Bertz CT molecular complexity index is 918. The SMILES string of the molecule is CC(N)C1CCCN(C(=O)CCNS(=O)(=O)c2ccc3ccccc3c2)C1.Cl. The first-order chi connectivity index (χ1) is 12.9.